The van der Waals surface area contributed by atoms with Crippen LogP contribution in [-0.4, -0.2) is 91.5 Å². The van der Waals surface area contributed by atoms with Gasteiger partial charge in [-0.05, 0) is 52.6 Å². The van der Waals surface area contributed by atoms with Crippen molar-refractivity contribution >= 4 is 25.6 Å². The first kappa shape index (κ1) is 23.7. The van der Waals surface area contributed by atoms with E-state index in [-0.39, 0.29) is 46.9 Å². The van der Waals surface area contributed by atoms with Crippen LogP contribution in [0.1, 0.15) is 48.7 Å². The molecule has 2 atom stereocenters. The van der Waals surface area contributed by atoms with Gasteiger partial charge in [0.05, 0.1) is 34.7 Å². The van der Waals surface area contributed by atoms with Gasteiger partial charge in [0.2, 0.25) is 5.91 Å². The van der Waals surface area contributed by atoms with Crippen LogP contribution in [-0.2, 0) is 31.0 Å². The third kappa shape index (κ3) is 4.89. The number of aryl methyl sites for hydroxylation is 1. The molecule has 0 aliphatic carbocycles. The zero-order chi connectivity index (χ0) is 23.3. The zero-order valence-corrected chi connectivity index (χ0v) is 20.8. The molecule has 9 nitrogen and oxygen atoms in total. The Labute approximate surface area is 191 Å². The van der Waals surface area contributed by atoms with Gasteiger partial charge in [0.15, 0.2) is 19.7 Å². The average Bonchev–Trinajstić information content (AvgIpc) is 3.37. The van der Waals surface area contributed by atoms with E-state index in [1.165, 1.54) is 0 Å². The predicted octanol–water partition coefficient (Wildman–Crippen LogP) is 0.717. The molecule has 180 valence electrons. The van der Waals surface area contributed by atoms with Crippen molar-refractivity contribution in [2.75, 3.05) is 43.1 Å². The summed E-state index contributed by atoms with van der Waals surface area (Å²) in [5, 5.41) is 4.61. The van der Waals surface area contributed by atoms with E-state index in [1.54, 1.807) is 4.90 Å². The highest BCUT2D eigenvalue weighted by Gasteiger charge is 2.36. The van der Waals surface area contributed by atoms with Gasteiger partial charge in [-0.25, -0.2) is 16.8 Å². The van der Waals surface area contributed by atoms with Crippen LogP contribution in [0.3, 0.4) is 0 Å². The summed E-state index contributed by atoms with van der Waals surface area (Å²) in [6.45, 7) is 5.84. The highest BCUT2D eigenvalue weighted by Crippen LogP contribution is 2.29. The van der Waals surface area contributed by atoms with Crippen LogP contribution in [0.4, 0.5) is 0 Å². The van der Waals surface area contributed by atoms with Gasteiger partial charge < -0.3 is 4.90 Å². The molecule has 11 heteroatoms. The lowest BCUT2D eigenvalue weighted by Crippen LogP contribution is -2.45. The molecule has 1 amide bonds. The Morgan fingerprint density at radius 3 is 2.06 bits per heavy atom. The fourth-order valence-electron chi connectivity index (χ4n) is 5.45. The highest BCUT2D eigenvalue weighted by molar-refractivity contribution is 7.91. The molecule has 3 aliphatic heterocycles. The molecular formula is C21H34N4O5S2. The number of aromatic nitrogens is 2. The van der Waals surface area contributed by atoms with Gasteiger partial charge in [0, 0.05) is 36.8 Å². The molecule has 0 N–H and O–H groups in total. The molecule has 0 saturated carbocycles. The number of carbonyl (C=O) groups excluding carboxylic acids is 1. The molecule has 3 fully saturated rings. The lowest BCUT2D eigenvalue weighted by atomic mass is 9.94. The Kier molecular flexibility index (Phi) is 6.45. The number of piperidine rings is 1. The van der Waals surface area contributed by atoms with E-state index in [0.29, 0.717) is 19.4 Å². The monoisotopic (exact) mass is 486 g/mol. The summed E-state index contributed by atoms with van der Waals surface area (Å²) in [4.78, 5) is 17.1. The number of sulfone groups is 2. The Balaban J connectivity index is 1.35. The van der Waals surface area contributed by atoms with E-state index in [9.17, 15) is 21.6 Å². The number of carbonyl (C=O) groups is 1. The Bertz CT molecular complexity index is 1090. The van der Waals surface area contributed by atoms with Crippen LogP contribution in [0.5, 0.6) is 0 Å². The number of hydrogen-bond acceptors (Lipinski definition) is 7. The van der Waals surface area contributed by atoms with Gasteiger partial charge >= 0.3 is 0 Å². The molecule has 0 radical (unpaired) electrons. The normalized spacial score (nSPS) is 28.2. The molecular weight excluding hydrogens is 452 g/mol. The summed E-state index contributed by atoms with van der Waals surface area (Å²) < 4.78 is 49.1. The van der Waals surface area contributed by atoms with E-state index < -0.39 is 19.7 Å². The van der Waals surface area contributed by atoms with E-state index in [0.717, 1.165) is 42.9 Å². The van der Waals surface area contributed by atoms with Gasteiger partial charge in [-0.1, -0.05) is 0 Å². The van der Waals surface area contributed by atoms with Crippen LogP contribution in [0.25, 0.3) is 0 Å². The first-order chi connectivity index (χ1) is 15.0. The smallest absolute Gasteiger partial charge is 0.225 e. The molecule has 4 rings (SSSR count). The standard InChI is InChI=1S/C21H34N4O5S2/c1-15-20(16(2)25(22-15)19-7-11-32(29,30)14-19)12-23(3)21(26)17-4-8-24(9-5-17)18-6-10-31(27,28)13-18/h17-19H,4-14H2,1-3H3. The molecule has 0 aromatic carbocycles. The largest absolute Gasteiger partial charge is 0.341 e. The van der Waals surface area contributed by atoms with E-state index in [1.807, 2.05) is 25.6 Å². The third-order valence-electron chi connectivity index (χ3n) is 7.40. The minimum absolute atomic E-state index is 0.0510. The summed E-state index contributed by atoms with van der Waals surface area (Å²) in [6, 6.07) is -0.0264. The van der Waals surface area contributed by atoms with Crippen molar-refractivity contribution in [3.63, 3.8) is 0 Å². The lowest BCUT2D eigenvalue weighted by molar-refractivity contribution is -0.136. The highest BCUT2D eigenvalue weighted by atomic mass is 32.2. The fourth-order valence-corrected chi connectivity index (χ4v) is 8.90. The van der Waals surface area contributed by atoms with Crippen LogP contribution in [0, 0.1) is 19.8 Å². The predicted molar refractivity (Wildman–Crippen MR) is 122 cm³/mol. The molecule has 2 unspecified atom stereocenters. The summed E-state index contributed by atoms with van der Waals surface area (Å²) in [5.74, 6) is 0.914. The number of amides is 1. The molecule has 1 aromatic rings. The summed E-state index contributed by atoms with van der Waals surface area (Å²) >= 11 is 0. The average molecular weight is 487 g/mol. The second-order valence-corrected chi connectivity index (χ2v) is 14.2. The van der Waals surface area contributed by atoms with Gasteiger partial charge in [-0.2, -0.15) is 5.10 Å². The van der Waals surface area contributed by atoms with Crippen molar-refractivity contribution in [1.29, 1.82) is 0 Å². The molecule has 32 heavy (non-hydrogen) atoms. The van der Waals surface area contributed by atoms with Crippen LogP contribution >= 0.6 is 0 Å². The topological polar surface area (TPSA) is 110 Å². The van der Waals surface area contributed by atoms with E-state index in [4.69, 9.17) is 0 Å². The number of hydrogen-bond donors (Lipinski definition) is 0. The van der Waals surface area contributed by atoms with Gasteiger partial charge in [0.25, 0.3) is 0 Å². The first-order valence-electron chi connectivity index (χ1n) is 11.4. The maximum absolute atomic E-state index is 13.1. The molecule has 3 aliphatic rings. The lowest BCUT2D eigenvalue weighted by Gasteiger charge is -2.36. The van der Waals surface area contributed by atoms with Crippen LogP contribution in [0.2, 0.25) is 0 Å². The van der Waals surface area contributed by atoms with Gasteiger partial charge in [0.1, 0.15) is 0 Å². The van der Waals surface area contributed by atoms with Gasteiger partial charge in [-0.3, -0.25) is 14.4 Å². The van der Waals surface area contributed by atoms with Crippen molar-refractivity contribution in [3.05, 3.63) is 17.0 Å². The van der Waals surface area contributed by atoms with Crippen LogP contribution < -0.4 is 0 Å². The van der Waals surface area contributed by atoms with E-state index >= 15 is 0 Å². The minimum atomic E-state index is -2.99. The Morgan fingerprint density at radius 1 is 0.969 bits per heavy atom. The maximum atomic E-state index is 13.1. The van der Waals surface area contributed by atoms with Crippen molar-refractivity contribution in [2.45, 2.75) is 58.2 Å². The fraction of sp³-hybridized carbons (Fsp3) is 0.810. The molecule has 4 heterocycles. The number of nitrogens with zero attached hydrogens (tertiary/aromatic N) is 4. The SMILES string of the molecule is Cc1nn(C2CCS(=O)(=O)C2)c(C)c1CN(C)C(=O)C1CCN(C2CCS(=O)(=O)C2)CC1. The third-order valence-corrected chi connectivity index (χ3v) is 10.9. The van der Waals surface area contributed by atoms with Crippen LogP contribution in [0.15, 0.2) is 0 Å². The van der Waals surface area contributed by atoms with Gasteiger partial charge in [-0.15, -0.1) is 0 Å². The Morgan fingerprint density at radius 2 is 1.53 bits per heavy atom. The second kappa shape index (κ2) is 8.72. The van der Waals surface area contributed by atoms with Crippen molar-refractivity contribution < 1.29 is 21.6 Å². The van der Waals surface area contributed by atoms with E-state index in [2.05, 4.69) is 10.00 Å². The Hall–Kier alpha value is -1.46. The number of likely N-dealkylation sites (tertiary alicyclic amines) is 1. The summed E-state index contributed by atoms with van der Waals surface area (Å²) in [7, 11) is -4.08. The molecule has 3 saturated heterocycles. The molecule has 1 aromatic heterocycles. The quantitative estimate of drug-likeness (QED) is 0.603. The van der Waals surface area contributed by atoms with Crippen molar-refractivity contribution in [1.82, 2.24) is 19.6 Å². The maximum Gasteiger partial charge on any atom is 0.225 e. The molecule has 0 bridgehead atoms. The van der Waals surface area contributed by atoms with Crippen molar-refractivity contribution in [2.24, 2.45) is 5.92 Å². The zero-order valence-electron chi connectivity index (χ0n) is 19.2. The van der Waals surface area contributed by atoms with Crippen molar-refractivity contribution in [3.8, 4) is 0 Å². The summed E-state index contributed by atoms with van der Waals surface area (Å²) in [6.07, 6.45) is 2.78. The minimum Gasteiger partial charge on any atom is -0.341 e. The molecule has 0 spiro atoms. The second-order valence-electron chi connectivity index (χ2n) is 9.71. The first-order valence-corrected chi connectivity index (χ1v) is 15.0. The number of rotatable bonds is 5. The summed E-state index contributed by atoms with van der Waals surface area (Å²) in [5.41, 5.74) is 2.75.